The molecular weight excluding hydrogens is 348 g/mol. The Kier molecular flexibility index (Phi) is 7.41. The number of aliphatic hydroxyl groups is 1. The minimum atomic E-state index is -0.720. The molecule has 27 heavy (non-hydrogen) atoms. The minimum Gasteiger partial charge on any atom is -0.466 e. The van der Waals surface area contributed by atoms with Crippen molar-refractivity contribution in [3.05, 3.63) is 12.2 Å². The number of nitrogens with zero attached hydrogens (tertiary/aromatic N) is 1. The van der Waals surface area contributed by atoms with Crippen molar-refractivity contribution < 1.29 is 24.2 Å². The van der Waals surface area contributed by atoms with Gasteiger partial charge in [-0.2, -0.15) is 0 Å². The Morgan fingerprint density at radius 2 is 2.04 bits per heavy atom. The van der Waals surface area contributed by atoms with Crippen LogP contribution in [-0.4, -0.2) is 59.6 Å². The quantitative estimate of drug-likeness (QED) is 0.374. The highest BCUT2D eigenvalue weighted by molar-refractivity contribution is 5.96. The van der Waals surface area contributed by atoms with Gasteiger partial charge in [0, 0.05) is 12.5 Å². The van der Waals surface area contributed by atoms with Crippen molar-refractivity contribution in [3.63, 3.8) is 0 Å². The fourth-order valence-corrected chi connectivity index (χ4v) is 4.20. The van der Waals surface area contributed by atoms with Gasteiger partial charge >= 0.3 is 5.97 Å². The molecule has 1 heterocycles. The van der Waals surface area contributed by atoms with Crippen molar-refractivity contribution in [2.75, 3.05) is 19.8 Å². The van der Waals surface area contributed by atoms with Gasteiger partial charge < -0.3 is 20.1 Å². The number of allylic oxidation sites excluding steroid dienone is 1. The summed E-state index contributed by atoms with van der Waals surface area (Å²) in [5, 5.41) is 12.5. The number of ether oxygens (including phenoxy) is 1. The molecule has 0 aromatic carbocycles. The Morgan fingerprint density at radius 3 is 2.63 bits per heavy atom. The maximum absolute atomic E-state index is 13.2. The van der Waals surface area contributed by atoms with Crippen LogP contribution in [0.4, 0.5) is 0 Å². The zero-order valence-electron chi connectivity index (χ0n) is 16.7. The molecule has 1 aliphatic heterocycles. The van der Waals surface area contributed by atoms with E-state index in [9.17, 15) is 19.5 Å². The summed E-state index contributed by atoms with van der Waals surface area (Å²) in [7, 11) is 0. The minimum absolute atomic E-state index is 0.151. The van der Waals surface area contributed by atoms with Crippen LogP contribution in [0.1, 0.15) is 40.5 Å². The van der Waals surface area contributed by atoms with Crippen LogP contribution in [0.5, 0.6) is 0 Å². The van der Waals surface area contributed by atoms with Crippen molar-refractivity contribution in [1.82, 2.24) is 10.2 Å². The normalized spacial score (nSPS) is 30.8. The average Bonchev–Trinajstić information content (AvgIpc) is 2.94. The summed E-state index contributed by atoms with van der Waals surface area (Å²) in [6.45, 7) is 7.92. The summed E-state index contributed by atoms with van der Waals surface area (Å²) in [5.41, 5.74) is 0. The second-order valence-corrected chi connectivity index (χ2v) is 7.49. The Bertz CT molecular complexity index is 591. The molecule has 0 radical (unpaired) electrons. The fourth-order valence-electron chi connectivity index (χ4n) is 4.20. The zero-order chi connectivity index (χ0) is 20.1. The number of rotatable bonds is 8. The highest BCUT2D eigenvalue weighted by atomic mass is 16.5. The molecule has 0 aromatic rings. The third kappa shape index (κ3) is 4.18. The lowest BCUT2D eigenvalue weighted by atomic mass is 9.70. The van der Waals surface area contributed by atoms with Crippen LogP contribution in [-0.2, 0) is 19.1 Å². The van der Waals surface area contributed by atoms with Gasteiger partial charge in [0.05, 0.1) is 31.1 Å². The van der Waals surface area contributed by atoms with Gasteiger partial charge in [0.15, 0.2) is 0 Å². The maximum atomic E-state index is 13.2. The molecule has 0 saturated carbocycles. The number of likely N-dealkylation sites (tertiary alicyclic amines) is 1. The van der Waals surface area contributed by atoms with E-state index >= 15 is 0 Å². The molecule has 2 rings (SSSR count). The van der Waals surface area contributed by atoms with Gasteiger partial charge in [0.25, 0.3) is 0 Å². The summed E-state index contributed by atoms with van der Waals surface area (Å²) in [6.07, 6.45) is 5.59. The van der Waals surface area contributed by atoms with Crippen molar-refractivity contribution in [3.8, 4) is 0 Å². The highest BCUT2D eigenvalue weighted by Crippen LogP contribution is 2.44. The van der Waals surface area contributed by atoms with E-state index in [1.807, 2.05) is 26.0 Å². The second kappa shape index (κ2) is 9.35. The molecule has 7 nitrogen and oxygen atoms in total. The molecule has 0 bridgehead atoms. The monoisotopic (exact) mass is 380 g/mol. The van der Waals surface area contributed by atoms with Crippen molar-refractivity contribution in [1.29, 1.82) is 0 Å². The number of carbonyl (C=O) groups is 3. The van der Waals surface area contributed by atoms with Crippen LogP contribution in [0, 0.1) is 23.7 Å². The van der Waals surface area contributed by atoms with Crippen LogP contribution in [0.2, 0.25) is 0 Å². The number of hydrogen-bond acceptors (Lipinski definition) is 5. The number of unbranched alkanes of at least 4 members (excludes halogenated alkanes) is 1. The predicted octanol–water partition coefficient (Wildman–Crippen LogP) is 1.11. The lowest BCUT2D eigenvalue weighted by Crippen LogP contribution is -2.51. The van der Waals surface area contributed by atoms with Gasteiger partial charge in [-0.25, -0.2) is 0 Å². The smallest absolute Gasteiger partial charge is 0.310 e. The molecule has 1 aliphatic carbocycles. The van der Waals surface area contributed by atoms with Gasteiger partial charge in [-0.3, -0.25) is 14.4 Å². The molecule has 0 aromatic heterocycles. The summed E-state index contributed by atoms with van der Waals surface area (Å²) < 4.78 is 5.21. The van der Waals surface area contributed by atoms with Crippen molar-refractivity contribution in [2.24, 2.45) is 23.7 Å². The third-order valence-electron chi connectivity index (χ3n) is 5.60. The first kappa shape index (κ1) is 21.4. The van der Waals surface area contributed by atoms with Crippen LogP contribution < -0.4 is 5.32 Å². The number of carbonyl (C=O) groups excluding carboxylic acids is 3. The molecule has 2 N–H and O–H groups in total. The molecular formula is C20H32N2O5. The predicted molar refractivity (Wildman–Crippen MR) is 101 cm³/mol. The van der Waals surface area contributed by atoms with E-state index in [2.05, 4.69) is 5.32 Å². The number of amides is 2. The van der Waals surface area contributed by atoms with Gasteiger partial charge in [-0.1, -0.05) is 32.4 Å². The van der Waals surface area contributed by atoms with Crippen LogP contribution in [0.15, 0.2) is 12.2 Å². The first-order valence-electron chi connectivity index (χ1n) is 9.94. The van der Waals surface area contributed by atoms with E-state index in [4.69, 9.17) is 4.74 Å². The molecule has 1 saturated heterocycles. The highest BCUT2D eigenvalue weighted by Gasteiger charge is 2.57. The first-order chi connectivity index (χ1) is 12.9. The van der Waals surface area contributed by atoms with Crippen LogP contribution in [0.25, 0.3) is 0 Å². The van der Waals surface area contributed by atoms with Gasteiger partial charge in [0.2, 0.25) is 11.8 Å². The molecule has 1 fully saturated rings. The topological polar surface area (TPSA) is 95.9 Å². The van der Waals surface area contributed by atoms with Crippen LogP contribution >= 0.6 is 0 Å². The average molecular weight is 380 g/mol. The number of esters is 1. The third-order valence-corrected chi connectivity index (χ3v) is 5.60. The molecule has 0 spiro atoms. The van der Waals surface area contributed by atoms with Crippen molar-refractivity contribution in [2.45, 2.75) is 52.6 Å². The maximum Gasteiger partial charge on any atom is 0.310 e. The fraction of sp³-hybridized carbons (Fsp3) is 0.750. The molecule has 2 amide bonds. The summed E-state index contributed by atoms with van der Waals surface area (Å²) in [6, 6.07) is -1.22. The summed E-state index contributed by atoms with van der Waals surface area (Å²) >= 11 is 0. The van der Waals surface area contributed by atoms with Gasteiger partial charge in [0.1, 0.15) is 6.04 Å². The largest absolute Gasteiger partial charge is 0.466 e. The number of fused-ring (bicyclic) bond motifs is 1. The van der Waals surface area contributed by atoms with E-state index in [1.165, 1.54) is 4.90 Å². The molecule has 6 atom stereocenters. The molecule has 7 heteroatoms. The first-order valence-corrected chi connectivity index (χ1v) is 9.94. The van der Waals surface area contributed by atoms with E-state index < -0.39 is 35.8 Å². The Balaban J connectivity index is 2.37. The molecule has 0 unspecified atom stereocenters. The molecule has 152 valence electrons. The lowest BCUT2D eigenvalue weighted by molar-refractivity contribution is -0.155. The van der Waals surface area contributed by atoms with Crippen LogP contribution in [0.3, 0.4) is 0 Å². The zero-order valence-corrected chi connectivity index (χ0v) is 16.7. The van der Waals surface area contributed by atoms with E-state index in [0.29, 0.717) is 6.54 Å². The standard InChI is InChI=1S/C20H32N2O5/c1-5-7-10-21-18(24)17-14-9-8-12(3)15(20(26)27-6-2)16(14)19(25)22(17)13(4)11-23/h8-9,12-17,23H,5-7,10-11H2,1-4H3,(H,21,24)/t12-,13-,14+,15-,16+,17+/m1/s1. The van der Waals surface area contributed by atoms with Crippen molar-refractivity contribution >= 4 is 17.8 Å². The number of nitrogens with one attached hydrogen (secondary N) is 1. The SMILES string of the molecule is CCCCNC(=O)[C@@H]1[C@H]2C=C[C@@H](C)[C@@H](C(=O)OCC)[C@H]2C(=O)N1[C@H](C)CO. The Labute approximate surface area is 161 Å². The summed E-state index contributed by atoms with van der Waals surface area (Å²) in [4.78, 5) is 40.2. The molecule has 2 aliphatic rings. The van der Waals surface area contributed by atoms with Gasteiger partial charge in [-0.05, 0) is 26.2 Å². The lowest BCUT2D eigenvalue weighted by Gasteiger charge is -2.32. The van der Waals surface area contributed by atoms with E-state index in [0.717, 1.165) is 12.8 Å². The Hall–Kier alpha value is -1.89. The number of hydrogen-bond donors (Lipinski definition) is 2. The van der Waals surface area contributed by atoms with E-state index in [-0.39, 0.29) is 30.9 Å². The number of aliphatic hydroxyl groups excluding tert-OH is 1. The Morgan fingerprint density at radius 1 is 1.33 bits per heavy atom. The summed E-state index contributed by atoms with van der Waals surface area (Å²) in [5.74, 6) is -2.70. The second-order valence-electron chi connectivity index (χ2n) is 7.49. The van der Waals surface area contributed by atoms with E-state index in [1.54, 1.807) is 13.8 Å². The van der Waals surface area contributed by atoms with Gasteiger partial charge in [-0.15, -0.1) is 0 Å².